The van der Waals surface area contributed by atoms with Crippen molar-refractivity contribution in [3.63, 3.8) is 0 Å². The lowest BCUT2D eigenvalue weighted by Gasteiger charge is -2.32. The van der Waals surface area contributed by atoms with E-state index in [1.807, 2.05) is 35.2 Å². The minimum atomic E-state index is 0.0152. The molecule has 1 aromatic rings. The molecule has 0 radical (unpaired) electrons. The molecule has 1 saturated heterocycles. The minimum absolute atomic E-state index is 0.0152. The van der Waals surface area contributed by atoms with Crippen LogP contribution < -0.4 is 5.32 Å². The minimum Gasteiger partial charge on any atom is -0.375 e. The fourth-order valence-electron chi connectivity index (χ4n) is 2.12. The number of likely N-dealkylation sites (N-methyl/N-ethyl adjacent to an activating group) is 1. The third-order valence-corrected chi connectivity index (χ3v) is 3.42. The van der Waals surface area contributed by atoms with Crippen LogP contribution >= 0.6 is 0 Å². The third-order valence-electron chi connectivity index (χ3n) is 3.42. The Morgan fingerprint density at radius 2 is 1.90 bits per heavy atom. The first kappa shape index (κ1) is 14.8. The van der Waals surface area contributed by atoms with Crippen molar-refractivity contribution in [1.82, 2.24) is 15.1 Å². The maximum atomic E-state index is 11.9. The van der Waals surface area contributed by atoms with Crippen molar-refractivity contribution in [2.24, 2.45) is 0 Å². The zero-order valence-electron chi connectivity index (χ0n) is 12.0. The quantitative estimate of drug-likeness (QED) is 0.822. The number of piperazine rings is 1. The van der Waals surface area contributed by atoms with Crippen molar-refractivity contribution in [1.29, 1.82) is 0 Å². The molecule has 5 nitrogen and oxygen atoms in total. The topological polar surface area (TPSA) is 44.8 Å². The molecule has 110 valence electrons. The number of nitrogens with zero attached hydrogens (tertiary/aromatic N) is 2. The molecule has 0 unspecified atom stereocenters. The zero-order valence-corrected chi connectivity index (χ0v) is 12.0. The summed E-state index contributed by atoms with van der Waals surface area (Å²) in [5.41, 5.74) is 1.15. The second kappa shape index (κ2) is 7.87. The maximum Gasteiger partial charge on any atom is 0.317 e. The van der Waals surface area contributed by atoms with Crippen molar-refractivity contribution in [3.8, 4) is 0 Å². The summed E-state index contributed by atoms with van der Waals surface area (Å²) >= 11 is 0. The molecular weight excluding hydrogens is 254 g/mol. The number of amides is 2. The van der Waals surface area contributed by atoms with Crippen LogP contribution in [0.4, 0.5) is 4.79 Å². The lowest BCUT2D eigenvalue weighted by molar-refractivity contribution is 0.118. The Balaban J connectivity index is 1.55. The summed E-state index contributed by atoms with van der Waals surface area (Å²) in [4.78, 5) is 16.0. The van der Waals surface area contributed by atoms with E-state index in [0.717, 1.165) is 31.7 Å². The van der Waals surface area contributed by atoms with E-state index in [1.165, 1.54) is 0 Å². The van der Waals surface area contributed by atoms with Crippen molar-refractivity contribution >= 4 is 6.03 Å². The standard InChI is InChI=1S/C15H23N3O2/c1-17-8-10-18(11-9-17)15(19)16-7-12-20-13-14-5-3-2-4-6-14/h2-6H,7-13H2,1H3,(H,16,19). The molecule has 0 bridgehead atoms. The Morgan fingerprint density at radius 3 is 2.60 bits per heavy atom. The van der Waals surface area contributed by atoms with Gasteiger partial charge in [-0.3, -0.25) is 0 Å². The molecule has 2 amide bonds. The van der Waals surface area contributed by atoms with Crippen molar-refractivity contribution < 1.29 is 9.53 Å². The van der Waals surface area contributed by atoms with E-state index in [0.29, 0.717) is 19.8 Å². The van der Waals surface area contributed by atoms with Crippen LogP contribution in [-0.4, -0.2) is 62.2 Å². The SMILES string of the molecule is CN1CCN(C(=O)NCCOCc2ccccc2)CC1. The van der Waals surface area contributed by atoms with Gasteiger partial charge >= 0.3 is 6.03 Å². The Labute approximate surface area is 120 Å². The van der Waals surface area contributed by atoms with Crippen LogP contribution in [0.15, 0.2) is 30.3 Å². The number of carbonyl (C=O) groups is 1. The van der Waals surface area contributed by atoms with Crippen LogP contribution in [0.2, 0.25) is 0 Å². The molecule has 1 heterocycles. The molecule has 1 aliphatic heterocycles. The monoisotopic (exact) mass is 277 g/mol. The molecular formula is C15H23N3O2. The first-order valence-electron chi connectivity index (χ1n) is 7.08. The van der Waals surface area contributed by atoms with Gasteiger partial charge in [-0.1, -0.05) is 30.3 Å². The second-order valence-electron chi connectivity index (χ2n) is 5.06. The average molecular weight is 277 g/mol. The summed E-state index contributed by atoms with van der Waals surface area (Å²) in [5.74, 6) is 0. The highest BCUT2D eigenvalue weighted by Crippen LogP contribution is 2.00. The molecule has 20 heavy (non-hydrogen) atoms. The number of rotatable bonds is 5. The van der Waals surface area contributed by atoms with Gasteiger partial charge in [0.2, 0.25) is 0 Å². The van der Waals surface area contributed by atoms with Gasteiger partial charge in [0.25, 0.3) is 0 Å². The van der Waals surface area contributed by atoms with Gasteiger partial charge in [0.1, 0.15) is 0 Å². The Hall–Kier alpha value is -1.59. The highest BCUT2D eigenvalue weighted by molar-refractivity contribution is 5.74. The van der Waals surface area contributed by atoms with Crippen LogP contribution in [0.3, 0.4) is 0 Å². The van der Waals surface area contributed by atoms with Crippen molar-refractivity contribution in [2.45, 2.75) is 6.61 Å². The lowest BCUT2D eigenvalue weighted by atomic mass is 10.2. The number of benzene rings is 1. The van der Waals surface area contributed by atoms with Crippen LogP contribution in [0.1, 0.15) is 5.56 Å². The van der Waals surface area contributed by atoms with Crippen molar-refractivity contribution in [2.75, 3.05) is 46.4 Å². The number of carbonyl (C=O) groups excluding carboxylic acids is 1. The maximum absolute atomic E-state index is 11.9. The van der Waals surface area contributed by atoms with E-state index in [1.54, 1.807) is 0 Å². The first-order chi connectivity index (χ1) is 9.75. The number of urea groups is 1. The lowest BCUT2D eigenvalue weighted by Crippen LogP contribution is -2.51. The fraction of sp³-hybridized carbons (Fsp3) is 0.533. The summed E-state index contributed by atoms with van der Waals surface area (Å²) in [7, 11) is 2.08. The van der Waals surface area contributed by atoms with E-state index >= 15 is 0 Å². The van der Waals surface area contributed by atoms with E-state index in [9.17, 15) is 4.79 Å². The van der Waals surface area contributed by atoms with Gasteiger partial charge in [0.15, 0.2) is 0 Å². The molecule has 0 saturated carbocycles. The van der Waals surface area contributed by atoms with Gasteiger partial charge in [0, 0.05) is 32.7 Å². The van der Waals surface area contributed by atoms with Crippen LogP contribution in [0.5, 0.6) is 0 Å². The van der Waals surface area contributed by atoms with Gasteiger partial charge < -0.3 is 19.9 Å². The summed E-state index contributed by atoms with van der Waals surface area (Å²) < 4.78 is 5.53. The highest BCUT2D eigenvalue weighted by Gasteiger charge is 2.18. The third kappa shape index (κ3) is 4.83. The summed E-state index contributed by atoms with van der Waals surface area (Å²) in [6, 6.07) is 10.0. The number of hydrogen-bond acceptors (Lipinski definition) is 3. The van der Waals surface area contributed by atoms with Gasteiger partial charge in [-0.2, -0.15) is 0 Å². The Morgan fingerprint density at radius 1 is 1.20 bits per heavy atom. The van der Waals surface area contributed by atoms with E-state index in [2.05, 4.69) is 17.3 Å². The predicted octanol–water partition coefficient (Wildman–Crippen LogP) is 1.16. The molecule has 0 aliphatic carbocycles. The second-order valence-corrected chi connectivity index (χ2v) is 5.06. The normalized spacial score (nSPS) is 16.1. The molecule has 0 atom stereocenters. The number of nitrogens with one attached hydrogen (secondary N) is 1. The Bertz CT molecular complexity index is 403. The molecule has 1 fully saturated rings. The van der Waals surface area contributed by atoms with E-state index in [-0.39, 0.29) is 6.03 Å². The summed E-state index contributed by atoms with van der Waals surface area (Å²) in [5, 5.41) is 2.90. The average Bonchev–Trinajstić information content (AvgIpc) is 2.48. The zero-order chi connectivity index (χ0) is 14.2. The van der Waals surface area contributed by atoms with Gasteiger partial charge in [-0.05, 0) is 12.6 Å². The van der Waals surface area contributed by atoms with Crippen LogP contribution in [-0.2, 0) is 11.3 Å². The highest BCUT2D eigenvalue weighted by atomic mass is 16.5. The largest absolute Gasteiger partial charge is 0.375 e. The first-order valence-corrected chi connectivity index (χ1v) is 7.08. The molecule has 1 aliphatic rings. The summed E-state index contributed by atoms with van der Waals surface area (Å²) in [6.45, 7) is 5.16. The van der Waals surface area contributed by atoms with Crippen LogP contribution in [0.25, 0.3) is 0 Å². The fourth-order valence-corrected chi connectivity index (χ4v) is 2.12. The van der Waals surface area contributed by atoms with Crippen LogP contribution in [0, 0.1) is 0 Å². The Kier molecular flexibility index (Phi) is 5.83. The van der Waals surface area contributed by atoms with E-state index < -0.39 is 0 Å². The van der Waals surface area contributed by atoms with Gasteiger partial charge in [0.05, 0.1) is 13.2 Å². The van der Waals surface area contributed by atoms with Gasteiger partial charge in [-0.25, -0.2) is 4.79 Å². The van der Waals surface area contributed by atoms with Crippen molar-refractivity contribution in [3.05, 3.63) is 35.9 Å². The molecule has 1 N–H and O–H groups in total. The molecule has 0 spiro atoms. The molecule has 2 rings (SSSR count). The molecule has 1 aromatic carbocycles. The summed E-state index contributed by atoms with van der Waals surface area (Å²) in [6.07, 6.45) is 0. The van der Waals surface area contributed by atoms with Gasteiger partial charge in [-0.15, -0.1) is 0 Å². The van der Waals surface area contributed by atoms with E-state index in [4.69, 9.17) is 4.74 Å². The predicted molar refractivity (Wildman–Crippen MR) is 78.6 cm³/mol. The number of hydrogen-bond donors (Lipinski definition) is 1. The number of ether oxygens (including phenoxy) is 1. The smallest absolute Gasteiger partial charge is 0.317 e. The molecule has 5 heteroatoms. The molecule has 0 aromatic heterocycles.